The number of piperidine rings is 1. The Hall–Kier alpha value is -2.65. The highest BCUT2D eigenvalue weighted by atomic mass is 32.1. The second-order valence-electron chi connectivity index (χ2n) is 8.43. The Bertz CT molecular complexity index is 1250. The maximum Gasteiger partial charge on any atom is 0.188 e. The molecule has 2 aliphatic rings. The van der Waals surface area contributed by atoms with Crippen LogP contribution in [0.1, 0.15) is 18.5 Å². The number of aromatic nitrogens is 5. The minimum absolute atomic E-state index is 0.315. The Morgan fingerprint density at radius 1 is 1.17 bits per heavy atom. The summed E-state index contributed by atoms with van der Waals surface area (Å²) in [5.74, 6) is 1.47. The van der Waals surface area contributed by atoms with E-state index >= 15 is 0 Å². The molecule has 1 saturated heterocycles. The molecule has 0 radical (unpaired) electrons. The van der Waals surface area contributed by atoms with Crippen molar-refractivity contribution >= 4 is 32.5 Å². The quantitative estimate of drug-likeness (QED) is 0.545. The zero-order chi connectivity index (χ0) is 20.4. The molecule has 0 aromatic carbocycles. The van der Waals surface area contributed by atoms with E-state index in [4.69, 9.17) is 9.97 Å². The van der Waals surface area contributed by atoms with Gasteiger partial charge in [0.25, 0.3) is 0 Å². The van der Waals surface area contributed by atoms with E-state index in [1.54, 1.807) is 28.1 Å². The first-order valence-electron chi connectivity index (χ1n) is 10.3. The van der Waals surface area contributed by atoms with Crippen LogP contribution < -0.4 is 10.2 Å². The largest absolute Gasteiger partial charge is 0.347 e. The number of imidazole rings is 1. The van der Waals surface area contributed by atoms with Gasteiger partial charge in [-0.1, -0.05) is 11.3 Å². The lowest BCUT2D eigenvalue weighted by atomic mass is 9.93. The molecular weight excluding hydrogens is 401 g/mol. The maximum atomic E-state index is 14.5. The molecule has 1 saturated carbocycles. The number of anilines is 1. The SMILES string of the molecule is Cc1cn2cc(-c3ncc4nc(N(C)C5[C@@H]6CC[C@H]5CNC6)sc4n3)cc(F)c2n1. The minimum atomic E-state index is -0.379. The van der Waals surface area contributed by atoms with E-state index in [-0.39, 0.29) is 5.82 Å². The number of aryl methyl sites for hydroxylation is 1. The third-order valence-corrected chi connectivity index (χ3v) is 7.52. The van der Waals surface area contributed by atoms with Crippen molar-refractivity contribution in [3.63, 3.8) is 0 Å². The molecule has 1 aliphatic heterocycles. The number of nitrogens with zero attached hydrogens (tertiary/aromatic N) is 6. The summed E-state index contributed by atoms with van der Waals surface area (Å²) in [5.41, 5.74) is 2.49. The molecule has 3 atom stereocenters. The van der Waals surface area contributed by atoms with Crippen molar-refractivity contribution in [1.82, 2.24) is 29.7 Å². The average molecular weight is 424 g/mol. The zero-order valence-electron chi connectivity index (χ0n) is 16.8. The topological polar surface area (TPSA) is 71.2 Å². The van der Waals surface area contributed by atoms with Gasteiger partial charge < -0.3 is 14.6 Å². The third-order valence-electron chi connectivity index (χ3n) is 6.46. The molecule has 4 aromatic heterocycles. The predicted octanol–water partition coefficient (Wildman–Crippen LogP) is 3.28. The number of fused-ring (bicyclic) bond motifs is 4. The molecule has 7 nitrogen and oxygen atoms in total. The first-order valence-corrected chi connectivity index (χ1v) is 11.1. The van der Waals surface area contributed by atoms with Crippen molar-refractivity contribution < 1.29 is 4.39 Å². The van der Waals surface area contributed by atoms with Crippen LogP contribution >= 0.6 is 11.3 Å². The van der Waals surface area contributed by atoms with Gasteiger partial charge in [-0.25, -0.2) is 24.3 Å². The van der Waals surface area contributed by atoms with Gasteiger partial charge in [-0.3, -0.25) is 0 Å². The van der Waals surface area contributed by atoms with Gasteiger partial charge in [-0.05, 0) is 50.8 Å². The molecule has 9 heteroatoms. The van der Waals surface area contributed by atoms with Crippen LogP contribution in [0, 0.1) is 24.6 Å². The van der Waals surface area contributed by atoms with Crippen molar-refractivity contribution in [2.45, 2.75) is 25.8 Å². The van der Waals surface area contributed by atoms with Crippen molar-refractivity contribution in [1.29, 1.82) is 0 Å². The lowest BCUT2D eigenvalue weighted by molar-refractivity contribution is 0.314. The van der Waals surface area contributed by atoms with Crippen LogP contribution in [0.25, 0.3) is 27.4 Å². The van der Waals surface area contributed by atoms with Crippen LogP contribution in [0.2, 0.25) is 0 Å². The van der Waals surface area contributed by atoms with E-state index in [1.165, 1.54) is 18.9 Å². The van der Waals surface area contributed by atoms with E-state index in [2.05, 4.69) is 27.2 Å². The second-order valence-corrected chi connectivity index (χ2v) is 9.38. The first kappa shape index (κ1) is 18.1. The Kier molecular flexibility index (Phi) is 4.04. The molecule has 2 bridgehead atoms. The van der Waals surface area contributed by atoms with Crippen molar-refractivity contribution in [3.05, 3.63) is 36.2 Å². The van der Waals surface area contributed by atoms with E-state index in [0.717, 1.165) is 34.3 Å². The standard InChI is InChI=1S/C21H22FN7S/c1-11-9-29-10-14(5-15(22)19(29)25-11)18-24-8-16-20(27-18)30-21(26-16)28(2)17-12-3-4-13(17)7-23-6-12/h5,8-10,12-13,17,23H,3-4,6-7H2,1-2H3/t12-,13+,17?. The van der Waals surface area contributed by atoms with E-state index in [0.29, 0.717) is 34.9 Å². The van der Waals surface area contributed by atoms with Crippen molar-refractivity contribution in [2.75, 3.05) is 25.0 Å². The fraction of sp³-hybridized carbons (Fsp3) is 0.429. The van der Waals surface area contributed by atoms with Gasteiger partial charge in [0.15, 0.2) is 22.4 Å². The predicted molar refractivity (Wildman–Crippen MR) is 115 cm³/mol. The number of hydrogen-bond donors (Lipinski definition) is 1. The normalized spacial score (nSPS) is 23.5. The highest BCUT2D eigenvalue weighted by Gasteiger charge is 2.42. The highest BCUT2D eigenvalue weighted by Crippen LogP contribution is 2.40. The number of pyridine rings is 1. The summed E-state index contributed by atoms with van der Waals surface area (Å²) in [7, 11) is 2.15. The number of thiazole rings is 1. The zero-order valence-corrected chi connectivity index (χ0v) is 17.7. The van der Waals surface area contributed by atoms with Gasteiger partial charge in [0.2, 0.25) is 0 Å². The summed E-state index contributed by atoms with van der Waals surface area (Å²) in [6.07, 6.45) is 7.92. The molecule has 2 fully saturated rings. The van der Waals surface area contributed by atoms with E-state index in [9.17, 15) is 4.39 Å². The smallest absolute Gasteiger partial charge is 0.188 e. The van der Waals surface area contributed by atoms with Crippen LogP contribution in [-0.4, -0.2) is 50.5 Å². The lowest BCUT2D eigenvalue weighted by Gasteiger charge is -2.37. The summed E-state index contributed by atoms with van der Waals surface area (Å²) in [4.78, 5) is 21.3. The molecule has 1 aliphatic carbocycles. The van der Waals surface area contributed by atoms with Gasteiger partial charge in [0.05, 0.1) is 11.9 Å². The number of rotatable bonds is 3. The third kappa shape index (κ3) is 2.79. The van der Waals surface area contributed by atoms with Crippen molar-refractivity contribution in [2.24, 2.45) is 11.8 Å². The molecule has 154 valence electrons. The number of hydrogen-bond acceptors (Lipinski definition) is 7. The van der Waals surface area contributed by atoms with Gasteiger partial charge >= 0.3 is 0 Å². The fourth-order valence-corrected chi connectivity index (χ4v) is 6.05. The fourth-order valence-electron chi connectivity index (χ4n) is 5.13. The maximum absolute atomic E-state index is 14.5. The second kappa shape index (κ2) is 6.68. The van der Waals surface area contributed by atoms with Gasteiger partial charge in [-0.15, -0.1) is 0 Å². The molecule has 4 aromatic rings. The highest BCUT2D eigenvalue weighted by molar-refractivity contribution is 7.21. The van der Waals surface area contributed by atoms with E-state index < -0.39 is 0 Å². The molecule has 0 amide bonds. The first-order chi connectivity index (χ1) is 14.6. The molecule has 1 unspecified atom stereocenters. The minimum Gasteiger partial charge on any atom is -0.347 e. The van der Waals surface area contributed by atoms with Crippen LogP contribution in [0.15, 0.2) is 24.7 Å². The van der Waals surface area contributed by atoms with Crippen LogP contribution in [0.3, 0.4) is 0 Å². The molecule has 30 heavy (non-hydrogen) atoms. The summed E-state index contributed by atoms with van der Waals surface area (Å²) in [6, 6.07) is 1.98. The van der Waals surface area contributed by atoms with Gasteiger partial charge in [-0.2, -0.15) is 0 Å². The monoisotopic (exact) mass is 423 g/mol. The van der Waals surface area contributed by atoms with Gasteiger partial charge in [0, 0.05) is 31.0 Å². The van der Waals surface area contributed by atoms with Crippen molar-refractivity contribution in [3.8, 4) is 11.4 Å². The molecule has 6 rings (SSSR count). The summed E-state index contributed by atoms with van der Waals surface area (Å²) >= 11 is 1.58. The average Bonchev–Trinajstić information content (AvgIpc) is 3.40. The summed E-state index contributed by atoms with van der Waals surface area (Å²) in [6.45, 7) is 4.02. The molecule has 1 N–H and O–H groups in total. The Morgan fingerprint density at radius 2 is 1.97 bits per heavy atom. The Balaban J connectivity index is 1.36. The molecular formula is C21H22FN7S. The van der Waals surface area contributed by atoms with Gasteiger partial charge in [0.1, 0.15) is 10.3 Å². The summed E-state index contributed by atoms with van der Waals surface area (Å²) < 4.78 is 16.2. The Morgan fingerprint density at radius 3 is 2.77 bits per heavy atom. The number of nitrogens with one attached hydrogen (secondary N) is 1. The lowest BCUT2D eigenvalue weighted by Crippen LogP contribution is -2.50. The summed E-state index contributed by atoms with van der Waals surface area (Å²) in [5, 5.41) is 4.53. The molecule has 0 spiro atoms. The Labute approximate surface area is 177 Å². The molecule has 5 heterocycles. The van der Waals surface area contributed by atoms with Crippen LogP contribution in [0.4, 0.5) is 9.52 Å². The number of halogens is 1. The van der Waals surface area contributed by atoms with Crippen LogP contribution in [0.5, 0.6) is 0 Å². The van der Waals surface area contributed by atoms with E-state index in [1.807, 2.05) is 13.1 Å². The van der Waals surface area contributed by atoms with Crippen LogP contribution in [-0.2, 0) is 0 Å².